The normalized spacial score (nSPS) is 11.3. The summed E-state index contributed by atoms with van der Waals surface area (Å²) in [4.78, 5) is 11.5. The van der Waals surface area contributed by atoms with Gasteiger partial charge in [-0.15, -0.1) is 0 Å². The molecular weight excluding hydrogens is 291 g/mol. The predicted molar refractivity (Wildman–Crippen MR) is 69.9 cm³/mol. The third-order valence-electron chi connectivity index (χ3n) is 1.87. The summed E-state index contributed by atoms with van der Waals surface area (Å²) in [6.07, 6.45) is 1.76. The molecule has 0 spiro atoms. The average Bonchev–Trinajstić information content (AvgIpc) is 2.26. The molecular formula is C12H12BrClO2. The van der Waals surface area contributed by atoms with Gasteiger partial charge in [-0.05, 0) is 30.7 Å². The van der Waals surface area contributed by atoms with E-state index in [1.165, 1.54) is 0 Å². The van der Waals surface area contributed by atoms with Crippen molar-refractivity contribution in [1.82, 2.24) is 0 Å². The smallest absolute Gasteiger partial charge is 0.334 e. The average molecular weight is 304 g/mol. The molecule has 0 heterocycles. The highest BCUT2D eigenvalue weighted by molar-refractivity contribution is 9.09. The number of rotatable bonds is 4. The molecule has 4 heteroatoms. The number of ether oxygens (including phenoxy) is 1. The molecule has 16 heavy (non-hydrogen) atoms. The van der Waals surface area contributed by atoms with Crippen molar-refractivity contribution in [3.05, 3.63) is 40.4 Å². The van der Waals surface area contributed by atoms with Crippen LogP contribution in [0.1, 0.15) is 12.5 Å². The fraction of sp³-hybridized carbons (Fsp3) is 0.250. The number of carbonyl (C=O) groups excluding carboxylic acids is 1. The van der Waals surface area contributed by atoms with E-state index < -0.39 is 0 Å². The first-order valence-electron chi connectivity index (χ1n) is 4.86. The fourth-order valence-corrected chi connectivity index (χ4v) is 1.76. The number of hydrogen-bond acceptors (Lipinski definition) is 2. The number of carbonyl (C=O) groups is 1. The number of benzene rings is 1. The van der Waals surface area contributed by atoms with E-state index in [2.05, 4.69) is 15.9 Å². The van der Waals surface area contributed by atoms with Gasteiger partial charge in [-0.3, -0.25) is 0 Å². The lowest BCUT2D eigenvalue weighted by molar-refractivity contribution is -0.138. The molecule has 0 saturated carbocycles. The van der Waals surface area contributed by atoms with E-state index in [4.69, 9.17) is 16.3 Å². The molecule has 0 radical (unpaired) electrons. The maximum atomic E-state index is 11.5. The van der Waals surface area contributed by atoms with Gasteiger partial charge < -0.3 is 4.74 Å². The van der Waals surface area contributed by atoms with Crippen LogP contribution in [-0.4, -0.2) is 17.9 Å². The van der Waals surface area contributed by atoms with E-state index in [1.54, 1.807) is 25.1 Å². The summed E-state index contributed by atoms with van der Waals surface area (Å²) < 4.78 is 4.93. The van der Waals surface area contributed by atoms with E-state index in [0.717, 1.165) is 5.56 Å². The van der Waals surface area contributed by atoms with Crippen molar-refractivity contribution < 1.29 is 9.53 Å². The molecule has 2 nitrogen and oxygen atoms in total. The van der Waals surface area contributed by atoms with E-state index in [-0.39, 0.29) is 5.97 Å². The Morgan fingerprint density at radius 3 is 2.88 bits per heavy atom. The number of esters is 1. The van der Waals surface area contributed by atoms with Crippen LogP contribution in [0.3, 0.4) is 0 Å². The molecule has 1 rings (SSSR count). The van der Waals surface area contributed by atoms with Crippen LogP contribution >= 0.6 is 27.5 Å². The Kier molecular flexibility index (Phi) is 5.56. The van der Waals surface area contributed by atoms with Crippen molar-refractivity contribution in [2.45, 2.75) is 6.92 Å². The zero-order chi connectivity index (χ0) is 12.0. The minimum atomic E-state index is -0.306. The molecule has 0 bridgehead atoms. The monoisotopic (exact) mass is 302 g/mol. The SMILES string of the molecule is CCOC(=O)/C(=C/c1cccc(Cl)c1)CBr. The van der Waals surface area contributed by atoms with E-state index in [9.17, 15) is 4.79 Å². The van der Waals surface area contributed by atoms with Crippen LogP contribution in [0.2, 0.25) is 5.02 Å². The van der Waals surface area contributed by atoms with E-state index in [1.807, 2.05) is 12.1 Å². The summed E-state index contributed by atoms with van der Waals surface area (Å²) in [7, 11) is 0. The summed E-state index contributed by atoms with van der Waals surface area (Å²) in [5.74, 6) is -0.306. The van der Waals surface area contributed by atoms with Crippen LogP contribution in [0.4, 0.5) is 0 Å². The van der Waals surface area contributed by atoms with Gasteiger partial charge in [0.25, 0.3) is 0 Å². The Bertz CT molecular complexity index is 402. The highest BCUT2D eigenvalue weighted by atomic mass is 79.9. The van der Waals surface area contributed by atoms with Crippen molar-refractivity contribution in [2.24, 2.45) is 0 Å². The highest BCUT2D eigenvalue weighted by Crippen LogP contribution is 2.15. The van der Waals surface area contributed by atoms with Gasteiger partial charge in [0.15, 0.2) is 0 Å². The predicted octanol–water partition coefficient (Wildman–Crippen LogP) is 3.68. The zero-order valence-electron chi connectivity index (χ0n) is 8.87. The molecule has 0 aliphatic heterocycles. The maximum absolute atomic E-state index is 11.5. The molecule has 0 unspecified atom stereocenters. The third kappa shape index (κ3) is 3.99. The van der Waals surface area contributed by atoms with Gasteiger partial charge in [0.2, 0.25) is 0 Å². The van der Waals surface area contributed by atoms with Crippen LogP contribution in [0.25, 0.3) is 6.08 Å². The van der Waals surface area contributed by atoms with Gasteiger partial charge in [-0.2, -0.15) is 0 Å². The standard InChI is InChI=1S/C12H12BrClO2/c1-2-16-12(15)10(8-13)6-9-4-3-5-11(14)7-9/h3-7H,2,8H2,1H3/b10-6+. The van der Waals surface area contributed by atoms with Crippen LogP contribution in [0.15, 0.2) is 29.8 Å². The van der Waals surface area contributed by atoms with Gasteiger partial charge in [0.05, 0.1) is 6.61 Å². The Morgan fingerprint density at radius 1 is 1.56 bits per heavy atom. The summed E-state index contributed by atoms with van der Waals surface area (Å²) in [5, 5.41) is 1.10. The van der Waals surface area contributed by atoms with Crippen molar-refractivity contribution in [3.63, 3.8) is 0 Å². The topological polar surface area (TPSA) is 26.3 Å². The van der Waals surface area contributed by atoms with Crippen molar-refractivity contribution in [2.75, 3.05) is 11.9 Å². The molecule has 86 valence electrons. The summed E-state index contributed by atoms with van der Waals surface area (Å²) in [6.45, 7) is 2.15. The molecule has 0 amide bonds. The van der Waals surface area contributed by atoms with Crippen molar-refractivity contribution in [3.8, 4) is 0 Å². The minimum Gasteiger partial charge on any atom is -0.463 e. The van der Waals surface area contributed by atoms with Gasteiger partial charge in [-0.1, -0.05) is 39.7 Å². The van der Waals surface area contributed by atoms with Crippen LogP contribution in [0, 0.1) is 0 Å². The second-order valence-electron chi connectivity index (χ2n) is 3.08. The molecule has 0 aromatic heterocycles. The zero-order valence-corrected chi connectivity index (χ0v) is 11.2. The summed E-state index contributed by atoms with van der Waals surface area (Å²) >= 11 is 9.12. The Labute approximate surface area is 108 Å². The van der Waals surface area contributed by atoms with Gasteiger partial charge in [0, 0.05) is 15.9 Å². The Hall–Kier alpha value is -0.800. The highest BCUT2D eigenvalue weighted by Gasteiger charge is 2.08. The number of hydrogen-bond donors (Lipinski definition) is 0. The second kappa shape index (κ2) is 6.71. The quantitative estimate of drug-likeness (QED) is 0.482. The lowest BCUT2D eigenvalue weighted by Gasteiger charge is -2.03. The van der Waals surface area contributed by atoms with Gasteiger partial charge in [-0.25, -0.2) is 4.79 Å². The van der Waals surface area contributed by atoms with Crippen molar-refractivity contribution in [1.29, 1.82) is 0 Å². The summed E-state index contributed by atoms with van der Waals surface area (Å²) in [5.41, 5.74) is 1.46. The largest absolute Gasteiger partial charge is 0.463 e. The van der Waals surface area contributed by atoms with E-state index in [0.29, 0.717) is 22.5 Å². The first-order valence-corrected chi connectivity index (χ1v) is 6.36. The Morgan fingerprint density at radius 2 is 2.31 bits per heavy atom. The molecule has 1 aromatic carbocycles. The minimum absolute atomic E-state index is 0.306. The first kappa shape index (κ1) is 13.3. The lowest BCUT2D eigenvalue weighted by Crippen LogP contribution is -2.08. The first-order chi connectivity index (χ1) is 7.67. The second-order valence-corrected chi connectivity index (χ2v) is 4.08. The van der Waals surface area contributed by atoms with Crippen LogP contribution < -0.4 is 0 Å². The lowest BCUT2D eigenvalue weighted by atomic mass is 10.1. The molecule has 1 aromatic rings. The molecule has 0 N–H and O–H groups in total. The number of halogens is 2. The number of alkyl halides is 1. The Balaban J connectivity index is 2.91. The molecule has 0 aliphatic rings. The molecule has 0 aliphatic carbocycles. The molecule has 0 saturated heterocycles. The van der Waals surface area contributed by atoms with Crippen LogP contribution in [0.5, 0.6) is 0 Å². The summed E-state index contributed by atoms with van der Waals surface area (Å²) in [6, 6.07) is 7.31. The molecule has 0 atom stereocenters. The van der Waals surface area contributed by atoms with E-state index >= 15 is 0 Å². The maximum Gasteiger partial charge on any atom is 0.334 e. The fourth-order valence-electron chi connectivity index (χ4n) is 1.17. The third-order valence-corrected chi connectivity index (χ3v) is 2.71. The van der Waals surface area contributed by atoms with Gasteiger partial charge in [0.1, 0.15) is 0 Å². The van der Waals surface area contributed by atoms with Crippen LogP contribution in [-0.2, 0) is 9.53 Å². The van der Waals surface area contributed by atoms with Crippen molar-refractivity contribution >= 4 is 39.6 Å². The van der Waals surface area contributed by atoms with Gasteiger partial charge >= 0.3 is 5.97 Å². The molecule has 0 fully saturated rings.